The highest BCUT2D eigenvalue weighted by Crippen LogP contribution is 2.38. The number of hydrogen-bond acceptors (Lipinski definition) is 2. The van der Waals surface area contributed by atoms with Crippen LogP contribution in [0.25, 0.3) is 0 Å². The second-order valence-electron chi connectivity index (χ2n) is 6.41. The zero-order valence-electron chi connectivity index (χ0n) is 13.6. The first kappa shape index (κ1) is 17.8. The summed E-state index contributed by atoms with van der Waals surface area (Å²) < 4.78 is 0. The number of urea groups is 1. The number of nitrogens with one attached hydrogen (secondary N) is 2. The van der Waals surface area contributed by atoms with Crippen LogP contribution in [0.3, 0.4) is 0 Å². The number of carboxylic acids is 1. The lowest BCUT2D eigenvalue weighted by molar-refractivity contribution is -0.148. The van der Waals surface area contributed by atoms with E-state index < -0.39 is 11.4 Å². The number of aliphatic carboxylic acids is 1. The highest BCUT2D eigenvalue weighted by Gasteiger charge is 2.45. The predicted octanol–water partition coefficient (Wildman–Crippen LogP) is 3.29. The summed E-state index contributed by atoms with van der Waals surface area (Å²) in [4.78, 5) is 23.6. The molecule has 0 radical (unpaired) electrons. The van der Waals surface area contributed by atoms with Gasteiger partial charge in [0.1, 0.15) is 0 Å². The molecule has 0 aromatic heterocycles. The third kappa shape index (κ3) is 4.90. The summed E-state index contributed by atoms with van der Waals surface area (Å²) in [6, 6.07) is -0.306. The van der Waals surface area contributed by atoms with E-state index in [9.17, 15) is 14.7 Å². The molecular weight excluding hydrogens is 268 g/mol. The minimum atomic E-state index is -0.832. The van der Waals surface area contributed by atoms with E-state index in [0.717, 1.165) is 44.9 Å². The van der Waals surface area contributed by atoms with Gasteiger partial charge < -0.3 is 15.7 Å². The van der Waals surface area contributed by atoms with E-state index in [1.54, 1.807) is 6.92 Å². The van der Waals surface area contributed by atoms with Crippen molar-refractivity contribution in [2.45, 2.75) is 84.2 Å². The molecule has 3 atom stereocenters. The van der Waals surface area contributed by atoms with Gasteiger partial charge in [0.25, 0.3) is 0 Å². The Morgan fingerprint density at radius 3 is 2.57 bits per heavy atom. The standard InChI is InChI=1S/C16H30N2O3/c1-4-6-9-12(8-5-2)17-15(21)18-13-10-7-11-16(13,3)14(19)20/h12-13H,4-11H2,1-3H3,(H,19,20)(H2,17,18,21). The van der Waals surface area contributed by atoms with Crippen LogP contribution in [0.1, 0.15) is 72.1 Å². The van der Waals surface area contributed by atoms with Gasteiger partial charge in [0.15, 0.2) is 0 Å². The van der Waals surface area contributed by atoms with Crippen LogP contribution in [0.15, 0.2) is 0 Å². The number of unbranched alkanes of at least 4 members (excludes halogenated alkanes) is 1. The molecule has 0 saturated heterocycles. The highest BCUT2D eigenvalue weighted by molar-refractivity contribution is 5.79. The molecule has 1 aliphatic rings. The van der Waals surface area contributed by atoms with Crippen molar-refractivity contribution < 1.29 is 14.7 Å². The molecule has 122 valence electrons. The first-order valence-corrected chi connectivity index (χ1v) is 8.24. The van der Waals surface area contributed by atoms with E-state index >= 15 is 0 Å². The molecule has 0 heterocycles. The second-order valence-corrected chi connectivity index (χ2v) is 6.41. The van der Waals surface area contributed by atoms with Gasteiger partial charge in [-0.05, 0) is 32.6 Å². The monoisotopic (exact) mass is 298 g/mol. The zero-order valence-corrected chi connectivity index (χ0v) is 13.6. The molecule has 1 aliphatic carbocycles. The van der Waals surface area contributed by atoms with Gasteiger partial charge in [-0.3, -0.25) is 4.79 Å². The van der Waals surface area contributed by atoms with Crippen LogP contribution >= 0.6 is 0 Å². The van der Waals surface area contributed by atoms with E-state index in [0.29, 0.717) is 6.42 Å². The molecule has 1 fully saturated rings. The van der Waals surface area contributed by atoms with Crippen molar-refractivity contribution in [3.05, 3.63) is 0 Å². The van der Waals surface area contributed by atoms with Crippen molar-refractivity contribution in [1.82, 2.24) is 10.6 Å². The van der Waals surface area contributed by atoms with Crippen LogP contribution in [0.5, 0.6) is 0 Å². The SMILES string of the molecule is CCCCC(CCC)NC(=O)NC1CCCC1(C)C(=O)O. The van der Waals surface area contributed by atoms with Gasteiger partial charge in [0, 0.05) is 12.1 Å². The lowest BCUT2D eigenvalue weighted by atomic mass is 9.85. The van der Waals surface area contributed by atoms with Crippen molar-refractivity contribution in [3.63, 3.8) is 0 Å². The number of carbonyl (C=O) groups excluding carboxylic acids is 1. The summed E-state index contributed by atoms with van der Waals surface area (Å²) in [5.74, 6) is -0.818. The highest BCUT2D eigenvalue weighted by atomic mass is 16.4. The summed E-state index contributed by atoms with van der Waals surface area (Å²) in [5.41, 5.74) is -0.832. The summed E-state index contributed by atoms with van der Waals surface area (Å²) in [6.45, 7) is 5.98. The van der Waals surface area contributed by atoms with Gasteiger partial charge in [-0.25, -0.2) is 4.79 Å². The molecule has 21 heavy (non-hydrogen) atoms. The van der Waals surface area contributed by atoms with E-state index in [2.05, 4.69) is 24.5 Å². The number of amides is 2. The maximum absolute atomic E-state index is 12.1. The fraction of sp³-hybridized carbons (Fsp3) is 0.875. The fourth-order valence-electron chi connectivity index (χ4n) is 3.13. The van der Waals surface area contributed by atoms with Gasteiger partial charge in [-0.15, -0.1) is 0 Å². The molecule has 0 aromatic rings. The number of carbonyl (C=O) groups is 2. The van der Waals surface area contributed by atoms with E-state index in [1.807, 2.05) is 0 Å². The third-order valence-corrected chi connectivity index (χ3v) is 4.63. The average molecular weight is 298 g/mol. The summed E-state index contributed by atoms with van der Waals surface area (Å²) in [5, 5.41) is 15.3. The molecule has 1 saturated carbocycles. The topological polar surface area (TPSA) is 78.4 Å². The Labute approximate surface area is 127 Å². The second kappa shape index (κ2) is 8.25. The van der Waals surface area contributed by atoms with Gasteiger partial charge in [0.2, 0.25) is 0 Å². The van der Waals surface area contributed by atoms with E-state index in [4.69, 9.17) is 0 Å². The lowest BCUT2D eigenvalue weighted by Gasteiger charge is -2.28. The normalized spacial score (nSPS) is 26.3. The first-order valence-electron chi connectivity index (χ1n) is 8.24. The molecule has 2 amide bonds. The molecule has 5 heteroatoms. The van der Waals surface area contributed by atoms with Crippen LogP contribution in [-0.4, -0.2) is 29.2 Å². The fourth-order valence-corrected chi connectivity index (χ4v) is 3.13. The Kier molecular flexibility index (Phi) is 6.99. The summed E-state index contributed by atoms with van der Waals surface area (Å²) >= 11 is 0. The van der Waals surface area contributed by atoms with Crippen LogP contribution in [0.2, 0.25) is 0 Å². The van der Waals surface area contributed by atoms with E-state index in [-0.39, 0.29) is 18.1 Å². The maximum Gasteiger partial charge on any atom is 0.315 e. The van der Waals surface area contributed by atoms with E-state index in [1.165, 1.54) is 0 Å². The number of rotatable bonds is 8. The van der Waals surface area contributed by atoms with Crippen LogP contribution in [0.4, 0.5) is 4.79 Å². The summed E-state index contributed by atoms with van der Waals surface area (Å²) in [7, 11) is 0. The Hall–Kier alpha value is -1.26. The van der Waals surface area contributed by atoms with Crippen molar-refractivity contribution >= 4 is 12.0 Å². The van der Waals surface area contributed by atoms with Crippen LogP contribution in [0, 0.1) is 5.41 Å². The van der Waals surface area contributed by atoms with Crippen molar-refractivity contribution in [3.8, 4) is 0 Å². The Morgan fingerprint density at radius 2 is 2.00 bits per heavy atom. The predicted molar refractivity (Wildman–Crippen MR) is 83.3 cm³/mol. The average Bonchev–Trinajstić information content (AvgIpc) is 2.79. The molecule has 5 nitrogen and oxygen atoms in total. The molecule has 0 bridgehead atoms. The van der Waals surface area contributed by atoms with Gasteiger partial charge in [-0.1, -0.05) is 39.5 Å². The molecule has 0 aromatic carbocycles. The number of hydrogen-bond donors (Lipinski definition) is 3. The minimum absolute atomic E-state index is 0.187. The van der Waals surface area contributed by atoms with Crippen molar-refractivity contribution in [1.29, 1.82) is 0 Å². The maximum atomic E-state index is 12.1. The van der Waals surface area contributed by atoms with Crippen LogP contribution < -0.4 is 10.6 Å². The Morgan fingerprint density at radius 1 is 1.29 bits per heavy atom. The third-order valence-electron chi connectivity index (χ3n) is 4.63. The molecule has 0 spiro atoms. The first-order chi connectivity index (χ1) is 9.93. The zero-order chi connectivity index (χ0) is 15.9. The minimum Gasteiger partial charge on any atom is -0.481 e. The van der Waals surface area contributed by atoms with Crippen molar-refractivity contribution in [2.75, 3.05) is 0 Å². The quantitative estimate of drug-likeness (QED) is 0.643. The molecular formula is C16H30N2O3. The molecule has 3 N–H and O–H groups in total. The van der Waals surface area contributed by atoms with Gasteiger partial charge in [0.05, 0.1) is 5.41 Å². The van der Waals surface area contributed by atoms with Crippen molar-refractivity contribution in [2.24, 2.45) is 5.41 Å². The molecule has 0 aliphatic heterocycles. The smallest absolute Gasteiger partial charge is 0.315 e. The Balaban J connectivity index is 2.53. The van der Waals surface area contributed by atoms with Crippen LogP contribution in [-0.2, 0) is 4.79 Å². The Bertz CT molecular complexity index is 359. The van der Waals surface area contributed by atoms with Gasteiger partial charge in [-0.2, -0.15) is 0 Å². The number of carboxylic acid groups (broad SMARTS) is 1. The van der Waals surface area contributed by atoms with Gasteiger partial charge >= 0.3 is 12.0 Å². The molecule has 3 unspecified atom stereocenters. The summed E-state index contributed by atoms with van der Waals surface area (Å²) in [6.07, 6.45) is 7.41. The molecule has 1 rings (SSSR count). The lowest BCUT2D eigenvalue weighted by Crippen LogP contribution is -2.52. The largest absolute Gasteiger partial charge is 0.481 e.